The van der Waals surface area contributed by atoms with Gasteiger partial charge in [-0.3, -0.25) is 9.59 Å². The Kier molecular flexibility index (Phi) is 6.37. The van der Waals surface area contributed by atoms with Crippen LogP contribution in [0.5, 0.6) is 0 Å². The maximum absolute atomic E-state index is 14.1. The van der Waals surface area contributed by atoms with Crippen molar-refractivity contribution in [3.05, 3.63) is 166 Å². The largest absolute Gasteiger partial charge is 0.289 e. The van der Waals surface area contributed by atoms with Gasteiger partial charge in [-0.15, -0.1) is 0 Å². The maximum atomic E-state index is 14.1. The quantitative estimate of drug-likeness (QED) is 0.275. The van der Waals surface area contributed by atoms with Crippen molar-refractivity contribution < 1.29 is 9.59 Å². The van der Waals surface area contributed by atoms with Gasteiger partial charge >= 0.3 is 0 Å². The highest BCUT2D eigenvalue weighted by Gasteiger charge is 2.53. The molecule has 6 rings (SSSR count). The van der Waals surface area contributed by atoms with Gasteiger partial charge in [0.1, 0.15) is 0 Å². The zero-order chi connectivity index (χ0) is 25.9. The minimum atomic E-state index is -0.347. The Morgan fingerprint density at radius 3 is 0.763 bits per heavy atom. The van der Waals surface area contributed by atoms with Gasteiger partial charge in [-0.1, -0.05) is 121 Å². The van der Waals surface area contributed by atoms with E-state index in [9.17, 15) is 9.59 Å². The highest BCUT2D eigenvalue weighted by molar-refractivity contribution is 6.27. The SMILES string of the molecule is O=C1/C(=C\c2ccccc2)C2/C(=C\c3ccccc3)C(=O)/C(=C\c3ccccc3)C2/C1=C\c1ccccc1. The van der Waals surface area contributed by atoms with E-state index in [0.717, 1.165) is 22.3 Å². The second-order valence-electron chi connectivity index (χ2n) is 9.66. The molecule has 2 unspecified atom stereocenters. The van der Waals surface area contributed by atoms with Gasteiger partial charge in [0.05, 0.1) is 0 Å². The Morgan fingerprint density at radius 2 is 0.553 bits per heavy atom. The molecule has 0 N–H and O–H groups in total. The van der Waals surface area contributed by atoms with Crippen molar-refractivity contribution in [1.82, 2.24) is 0 Å². The normalized spacial score (nSPS) is 23.1. The molecule has 0 saturated heterocycles. The van der Waals surface area contributed by atoms with Crippen LogP contribution in [0.2, 0.25) is 0 Å². The maximum Gasteiger partial charge on any atom is 0.186 e. The van der Waals surface area contributed by atoms with Crippen LogP contribution in [-0.4, -0.2) is 11.6 Å². The number of carbonyl (C=O) groups excluding carboxylic acids is 2. The van der Waals surface area contributed by atoms with Crippen molar-refractivity contribution in [1.29, 1.82) is 0 Å². The van der Waals surface area contributed by atoms with Crippen molar-refractivity contribution in [2.45, 2.75) is 0 Å². The average Bonchev–Trinajstić information content (AvgIpc) is 3.37. The summed E-state index contributed by atoms with van der Waals surface area (Å²) < 4.78 is 0. The second kappa shape index (κ2) is 10.3. The molecule has 2 atom stereocenters. The summed E-state index contributed by atoms with van der Waals surface area (Å²) in [6, 6.07) is 39.5. The molecule has 0 bridgehead atoms. The van der Waals surface area contributed by atoms with Gasteiger partial charge in [-0.05, 0) is 46.6 Å². The number of Topliss-reactive ketones (excluding diaryl/α,β-unsaturated/α-hetero) is 2. The van der Waals surface area contributed by atoms with E-state index >= 15 is 0 Å². The van der Waals surface area contributed by atoms with Crippen LogP contribution in [-0.2, 0) is 9.59 Å². The van der Waals surface area contributed by atoms with Crippen LogP contribution in [0.25, 0.3) is 24.3 Å². The molecule has 182 valence electrons. The first kappa shape index (κ1) is 23.6. The van der Waals surface area contributed by atoms with E-state index in [1.807, 2.05) is 146 Å². The fraction of sp³-hybridized carbons (Fsp3) is 0.0556. The number of hydrogen-bond acceptors (Lipinski definition) is 2. The summed E-state index contributed by atoms with van der Waals surface area (Å²) in [7, 11) is 0. The number of hydrogen-bond donors (Lipinski definition) is 0. The molecule has 2 nitrogen and oxygen atoms in total. The molecule has 2 aliphatic carbocycles. The lowest BCUT2D eigenvalue weighted by Crippen LogP contribution is -2.08. The fourth-order valence-corrected chi connectivity index (χ4v) is 5.49. The highest BCUT2D eigenvalue weighted by Crippen LogP contribution is 2.54. The van der Waals surface area contributed by atoms with Gasteiger partial charge in [-0.25, -0.2) is 0 Å². The van der Waals surface area contributed by atoms with E-state index in [1.54, 1.807) is 0 Å². The van der Waals surface area contributed by atoms with Gasteiger partial charge in [-0.2, -0.15) is 0 Å². The van der Waals surface area contributed by atoms with Crippen LogP contribution < -0.4 is 0 Å². The van der Waals surface area contributed by atoms with Crippen molar-refractivity contribution >= 4 is 35.9 Å². The standard InChI is InChI=1S/C36H26O2/c37-35-29(21-25-13-5-1-6-14-25)33-30(22-26-15-7-2-8-16-26)36(38)32(24-28-19-11-4-12-20-28)34(33)31(35)23-27-17-9-3-10-18-27/h1-24,33-34H/b29-21-,30-22+,31-23+,32-24-. The van der Waals surface area contributed by atoms with Gasteiger partial charge in [0, 0.05) is 34.1 Å². The molecule has 2 heteroatoms. The number of fused-ring (bicyclic) bond motifs is 1. The number of ketones is 2. The zero-order valence-electron chi connectivity index (χ0n) is 20.8. The van der Waals surface area contributed by atoms with Crippen molar-refractivity contribution in [2.24, 2.45) is 11.8 Å². The van der Waals surface area contributed by atoms with E-state index in [4.69, 9.17) is 0 Å². The van der Waals surface area contributed by atoms with E-state index < -0.39 is 0 Å². The summed E-state index contributed by atoms with van der Waals surface area (Å²) in [6.07, 6.45) is 7.85. The molecule has 2 saturated carbocycles. The Bertz CT molecular complexity index is 1360. The molecule has 38 heavy (non-hydrogen) atoms. The number of allylic oxidation sites excluding steroid dienone is 4. The lowest BCUT2D eigenvalue weighted by atomic mass is 9.88. The first-order valence-corrected chi connectivity index (χ1v) is 12.8. The molecule has 4 aromatic rings. The minimum Gasteiger partial charge on any atom is -0.289 e. The lowest BCUT2D eigenvalue weighted by Gasteiger charge is -2.12. The average molecular weight is 491 g/mol. The Labute approximate surface area is 223 Å². The second-order valence-corrected chi connectivity index (χ2v) is 9.66. The predicted molar refractivity (Wildman–Crippen MR) is 155 cm³/mol. The van der Waals surface area contributed by atoms with Crippen LogP contribution in [0.1, 0.15) is 22.3 Å². The Morgan fingerprint density at radius 1 is 0.342 bits per heavy atom. The molecule has 2 fully saturated rings. The van der Waals surface area contributed by atoms with Crippen molar-refractivity contribution in [3.63, 3.8) is 0 Å². The van der Waals surface area contributed by atoms with E-state index in [0.29, 0.717) is 22.3 Å². The molecule has 0 radical (unpaired) electrons. The predicted octanol–water partition coefficient (Wildman–Crippen LogP) is 7.72. The van der Waals surface area contributed by atoms with E-state index in [-0.39, 0.29) is 23.4 Å². The molecule has 0 spiro atoms. The third-order valence-corrected chi connectivity index (χ3v) is 7.21. The molecule has 0 amide bonds. The monoisotopic (exact) mass is 490 g/mol. The highest BCUT2D eigenvalue weighted by atomic mass is 16.1. The first-order valence-electron chi connectivity index (χ1n) is 12.8. The first-order chi connectivity index (χ1) is 18.7. The molecule has 2 aliphatic rings. The summed E-state index contributed by atoms with van der Waals surface area (Å²) >= 11 is 0. The summed E-state index contributed by atoms with van der Waals surface area (Å²) in [5.41, 5.74) is 6.44. The van der Waals surface area contributed by atoms with E-state index in [2.05, 4.69) is 0 Å². The number of carbonyl (C=O) groups is 2. The topological polar surface area (TPSA) is 34.1 Å². The summed E-state index contributed by atoms with van der Waals surface area (Å²) in [4.78, 5) is 28.3. The van der Waals surface area contributed by atoms with Crippen LogP contribution in [0, 0.1) is 11.8 Å². The minimum absolute atomic E-state index is 0.00173. The van der Waals surface area contributed by atoms with E-state index in [1.165, 1.54) is 0 Å². The smallest absolute Gasteiger partial charge is 0.186 e. The third-order valence-electron chi connectivity index (χ3n) is 7.21. The Balaban J connectivity index is 1.60. The van der Waals surface area contributed by atoms with Crippen LogP contribution >= 0.6 is 0 Å². The zero-order valence-corrected chi connectivity index (χ0v) is 20.8. The third kappa shape index (κ3) is 4.53. The molecule has 0 aromatic heterocycles. The number of benzene rings is 4. The summed E-state index contributed by atoms with van der Waals surface area (Å²) in [6.45, 7) is 0. The van der Waals surface area contributed by atoms with Crippen molar-refractivity contribution in [3.8, 4) is 0 Å². The molecule has 4 aromatic carbocycles. The summed E-state index contributed by atoms with van der Waals surface area (Å²) in [5, 5.41) is 0. The van der Waals surface area contributed by atoms with Gasteiger partial charge < -0.3 is 0 Å². The van der Waals surface area contributed by atoms with Crippen LogP contribution in [0.4, 0.5) is 0 Å². The van der Waals surface area contributed by atoms with Crippen molar-refractivity contribution in [2.75, 3.05) is 0 Å². The Hall–Kier alpha value is -4.82. The molecule has 0 aliphatic heterocycles. The van der Waals surface area contributed by atoms with Gasteiger partial charge in [0.2, 0.25) is 0 Å². The molecular formula is C36H26O2. The van der Waals surface area contributed by atoms with Gasteiger partial charge in [0.25, 0.3) is 0 Å². The summed E-state index contributed by atoms with van der Waals surface area (Å²) in [5.74, 6) is -0.697. The molecule has 0 heterocycles. The fourth-order valence-electron chi connectivity index (χ4n) is 5.49. The molecular weight excluding hydrogens is 464 g/mol. The number of rotatable bonds is 4. The van der Waals surface area contributed by atoms with Gasteiger partial charge in [0.15, 0.2) is 11.6 Å². The lowest BCUT2D eigenvalue weighted by molar-refractivity contribution is -0.112. The van der Waals surface area contributed by atoms with Crippen LogP contribution in [0.3, 0.4) is 0 Å². The van der Waals surface area contributed by atoms with Crippen LogP contribution in [0.15, 0.2) is 144 Å².